The zero-order valence-electron chi connectivity index (χ0n) is 10.5. The lowest BCUT2D eigenvalue weighted by Gasteiger charge is -2.16. The molecule has 1 aromatic carbocycles. The van der Waals surface area contributed by atoms with Gasteiger partial charge in [-0.25, -0.2) is 0 Å². The molecule has 3 rings (SSSR count). The smallest absolute Gasteiger partial charge is 0.262 e. The van der Waals surface area contributed by atoms with Gasteiger partial charge in [-0.3, -0.25) is 4.79 Å². The molecule has 6 heteroatoms. The molecule has 0 bridgehead atoms. The number of para-hydroxylation sites is 1. The fourth-order valence-corrected chi connectivity index (χ4v) is 5.54. The fraction of sp³-hybridized carbons (Fsp3) is 0.385. The Bertz CT molecular complexity index is 668. The molecule has 2 heterocycles. The van der Waals surface area contributed by atoms with Crippen molar-refractivity contribution < 1.29 is 4.79 Å². The standard InChI is InChI=1S/C13H14N2OS3/c1-15-9-4-2-3-5-10(9)19-13(15)14-12(16)11-8-17-6-7-18-11/h2-5,11H,6-8H2,1H3. The van der Waals surface area contributed by atoms with E-state index in [4.69, 9.17) is 0 Å². The summed E-state index contributed by atoms with van der Waals surface area (Å²) in [5, 5.41) is 0.0314. The Balaban J connectivity index is 1.96. The molecule has 1 amide bonds. The molecule has 1 atom stereocenters. The van der Waals surface area contributed by atoms with E-state index in [1.165, 1.54) is 4.70 Å². The van der Waals surface area contributed by atoms with Gasteiger partial charge in [-0.15, -0.1) is 11.8 Å². The monoisotopic (exact) mass is 310 g/mol. The van der Waals surface area contributed by atoms with Gasteiger partial charge in [0.15, 0.2) is 4.80 Å². The van der Waals surface area contributed by atoms with Crippen molar-refractivity contribution in [3.63, 3.8) is 0 Å². The second-order valence-corrected chi connectivity index (χ2v) is 7.77. The van der Waals surface area contributed by atoms with Gasteiger partial charge in [0.25, 0.3) is 5.91 Å². The van der Waals surface area contributed by atoms with Gasteiger partial charge >= 0.3 is 0 Å². The first kappa shape index (κ1) is 13.3. The average Bonchev–Trinajstić information content (AvgIpc) is 2.77. The van der Waals surface area contributed by atoms with Crippen LogP contribution in [0.25, 0.3) is 10.2 Å². The van der Waals surface area contributed by atoms with E-state index in [0.29, 0.717) is 0 Å². The Labute approximate surface area is 124 Å². The van der Waals surface area contributed by atoms with Crippen LogP contribution in [0.3, 0.4) is 0 Å². The number of aryl methyl sites for hydroxylation is 1. The molecule has 1 aliphatic rings. The number of amides is 1. The minimum atomic E-state index is 0.0133. The number of carbonyl (C=O) groups excluding carboxylic acids is 1. The highest BCUT2D eigenvalue weighted by molar-refractivity contribution is 8.07. The van der Waals surface area contributed by atoms with Crippen LogP contribution in [-0.4, -0.2) is 33.0 Å². The van der Waals surface area contributed by atoms with Gasteiger partial charge in [0.2, 0.25) is 0 Å². The van der Waals surface area contributed by atoms with Gasteiger partial charge in [0, 0.05) is 24.3 Å². The molecule has 1 saturated heterocycles. The van der Waals surface area contributed by atoms with Crippen molar-refractivity contribution in [2.75, 3.05) is 17.3 Å². The molecule has 19 heavy (non-hydrogen) atoms. The van der Waals surface area contributed by atoms with Crippen molar-refractivity contribution in [3.8, 4) is 0 Å². The molecule has 1 aromatic heterocycles. The van der Waals surface area contributed by atoms with Gasteiger partial charge in [-0.05, 0) is 12.1 Å². The molecule has 3 nitrogen and oxygen atoms in total. The topological polar surface area (TPSA) is 34.4 Å². The Hall–Kier alpha value is -0.720. The van der Waals surface area contributed by atoms with Crippen LogP contribution in [0, 0.1) is 0 Å². The molecule has 2 aromatic rings. The minimum Gasteiger partial charge on any atom is -0.319 e. The molecule has 0 radical (unpaired) electrons. The second-order valence-electron chi connectivity index (χ2n) is 4.30. The maximum Gasteiger partial charge on any atom is 0.262 e. The lowest BCUT2D eigenvalue weighted by molar-refractivity contribution is -0.117. The van der Waals surface area contributed by atoms with Crippen LogP contribution in [0.15, 0.2) is 29.3 Å². The Morgan fingerprint density at radius 2 is 2.21 bits per heavy atom. The van der Waals surface area contributed by atoms with E-state index >= 15 is 0 Å². The predicted molar refractivity (Wildman–Crippen MR) is 84.9 cm³/mol. The van der Waals surface area contributed by atoms with Gasteiger partial charge in [-0.2, -0.15) is 16.8 Å². The Kier molecular flexibility index (Phi) is 4.00. The number of aromatic nitrogens is 1. The van der Waals surface area contributed by atoms with E-state index in [1.54, 1.807) is 23.1 Å². The lowest BCUT2D eigenvalue weighted by Crippen LogP contribution is -2.25. The van der Waals surface area contributed by atoms with Crippen LogP contribution in [0.5, 0.6) is 0 Å². The molecule has 100 valence electrons. The maximum atomic E-state index is 12.2. The molecule has 0 saturated carbocycles. The summed E-state index contributed by atoms with van der Waals surface area (Å²) in [4.78, 5) is 17.3. The maximum absolute atomic E-state index is 12.2. The first-order valence-electron chi connectivity index (χ1n) is 6.08. The number of fused-ring (bicyclic) bond motifs is 1. The summed E-state index contributed by atoms with van der Waals surface area (Å²) in [7, 11) is 1.97. The van der Waals surface area contributed by atoms with Crippen LogP contribution in [-0.2, 0) is 11.8 Å². The first-order valence-corrected chi connectivity index (χ1v) is 9.10. The number of rotatable bonds is 1. The lowest BCUT2D eigenvalue weighted by atomic mass is 10.3. The zero-order valence-corrected chi connectivity index (χ0v) is 13.0. The third-order valence-electron chi connectivity index (χ3n) is 3.01. The van der Waals surface area contributed by atoms with Crippen molar-refractivity contribution in [1.29, 1.82) is 0 Å². The summed E-state index contributed by atoms with van der Waals surface area (Å²) in [6.07, 6.45) is 0. The molecule has 0 aliphatic carbocycles. The highest BCUT2D eigenvalue weighted by Crippen LogP contribution is 2.25. The van der Waals surface area contributed by atoms with Crippen molar-refractivity contribution in [2.45, 2.75) is 5.25 Å². The van der Waals surface area contributed by atoms with E-state index in [1.807, 2.05) is 35.5 Å². The van der Waals surface area contributed by atoms with Crippen LogP contribution < -0.4 is 4.80 Å². The molecular weight excluding hydrogens is 296 g/mol. The van der Waals surface area contributed by atoms with E-state index in [2.05, 4.69) is 17.1 Å². The van der Waals surface area contributed by atoms with Crippen LogP contribution >= 0.6 is 34.9 Å². The number of thioether (sulfide) groups is 2. The number of carbonyl (C=O) groups is 1. The molecule has 1 aliphatic heterocycles. The first-order chi connectivity index (χ1) is 9.25. The summed E-state index contributed by atoms with van der Waals surface area (Å²) in [5.41, 5.74) is 1.13. The fourth-order valence-electron chi connectivity index (χ4n) is 1.98. The van der Waals surface area contributed by atoms with E-state index in [9.17, 15) is 4.79 Å². The molecule has 1 fully saturated rings. The van der Waals surface area contributed by atoms with Gasteiger partial charge in [-0.1, -0.05) is 23.5 Å². The van der Waals surface area contributed by atoms with Crippen molar-refractivity contribution in [2.24, 2.45) is 12.0 Å². The Morgan fingerprint density at radius 1 is 1.37 bits per heavy atom. The van der Waals surface area contributed by atoms with Crippen LogP contribution in [0.4, 0.5) is 0 Å². The summed E-state index contributed by atoms with van der Waals surface area (Å²) >= 11 is 5.16. The van der Waals surface area contributed by atoms with Gasteiger partial charge in [0.1, 0.15) is 0 Å². The summed E-state index contributed by atoms with van der Waals surface area (Å²) in [5.74, 6) is 3.10. The highest BCUT2D eigenvalue weighted by Gasteiger charge is 2.21. The second kappa shape index (κ2) is 5.73. The summed E-state index contributed by atoms with van der Waals surface area (Å²) in [6, 6.07) is 8.14. The van der Waals surface area contributed by atoms with Crippen molar-refractivity contribution in [3.05, 3.63) is 29.1 Å². The number of hydrogen-bond donors (Lipinski definition) is 0. The van der Waals surface area contributed by atoms with Gasteiger partial charge in [0.05, 0.1) is 15.5 Å². The largest absolute Gasteiger partial charge is 0.319 e. The van der Waals surface area contributed by atoms with Crippen molar-refractivity contribution >= 4 is 51.0 Å². The average molecular weight is 310 g/mol. The van der Waals surface area contributed by atoms with E-state index < -0.39 is 0 Å². The molecule has 0 N–H and O–H groups in total. The Morgan fingerprint density at radius 3 is 2.95 bits per heavy atom. The van der Waals surface area contributed by atoms with E-state index in [-0.39, 0.29) is 11.2 Å². The van der Waals surface area contributed by atoms with Gasteiger partial charge < -0.3 is 4.57 Å². The SMILES string of the molecule is Cn1c(=NC(=O)C2CSCCS2)sc2ccccc21. The molecule has 0 spiro atoms. The van der Waals surface area contributed by atoms with Crippen molar-refractivity contribution in [1.82, 2.24) is 4.57 Å². The van der Waals surface area contributed by atoms with E-state index in [0.717, 1.165) is 27.6 Å². The number of thiazole rings is 1. The normalized spacial score (nSPS) is 20.9. The highest BCUT2D eigenvalue weighted by atomic mass is 32.2. The molecular formula is C13H14N2OS3. The number of benzene rings is 1. The molecule has 1 unspecified atom stereocenters. The quantitative estimate of drug-likeness (QED) is 0.812. The minimum absolute atomic E-state index is 0.0133. The third kappa shape index (κ3) is 2.75. The predicted octanol–water partition coefficient (Wildman–Crippen LogP) is 2.52. The van der Waals surface area contributed by atoms with Crippen LogP contribution in [0.2, 0.25) is 0 Å². The third-order valence-corrected chi connectivity index (χ3v) is 6.87. The number of nitrogens with zero attached hydrogens (tertiary/aromatic N) is 2. The summed E-state index contributed by atoms with van der Waals surface area (Å²) < 4.78 is 3.17. The zero-order chi connectivity index (χ0) is 13.2. The number of hydrogen-bond acceptors (Lipinski definition) is 4. The van der Waals surface area contributed by atoms with Crippen LogP contribution in [0.1, 0.15) is 0 Å². The summed E-state index contributed by atoms with van der Waals surface area (Å²) in [6.45, 7) is 0.